The predicted molar refractivity (Wildman–Crippen MR) is 65.7 cm³/mol. The van der Waals surface area contributed by atoms with Crippen molar-refractivity contribution in [2.75, 3.05) is 38.5 Å². The summed E-state index contributed by atoms with van der Waals surface area (Å²) >= 11 is 0. The van der Waals surface area contributed by atoms with Crippen molar-refractivity contribution >= 4 is 16.0 Å². The zero-order valence-corrected chi connectivity index (χ0v) is 11.5. The zero-order chi connectivity index (χ0) is 14.0. The minimum atomic E-state index is -3.71. The summed E-state index contributed by atoms with van der Waals surface area (Å²) in [5.74, 6) is -2.20. The van der Waals surface area contributed by atoms with Gasteiger partial charge in [0.2, 0.25) is 10.0 Å². The third kappa shape index (κ3) is 4.89. The first-order valence-electron chi connectivity index (χ1n) is 5.74. The third-order valence-electron chi connectivity index (χ3n) is 2.64. The van der Waals surface area contributed by atoms with Crippen molar-refractivity contribution in [2.45, 2.75) is 19.4 Å². The number of hydrogen-bond donors (Lipinski definition) is 2. The summed E-state index contributed by atoms with van der Waals surface area (Å²) in [6, 6.07) is 0. The Bertz CT molecular complexity index is 393. The van der Waals surface area contributed by atoms with E-state index in [-0.39, 0.29) is 13.1 Å². The Morgan fingerprint density at radius 2 is 1.72 bits per heavy atom. The van der Waals surface area contributed by atoms with Crippen LogP contribution >= 0.6 is 0 Å². The topological polar surface area (TPSA) is 98.2 Å². The number of nitrogens with zero attached hydrogens (tertiary/aromatic N) is 2. The molecule has 0 saturated carbocycles. The van der Waals surface area contributed by atoms with Crippen molar-refractivity contribution in [3.05, 3.63) is 0 Å². The first-order valence-corrected chi connectivity index (χ1v) is 7.35. The van der Waals surface area contributed by atoms with Crippen molar-refractivity contribution in [2.24, 2.45) is 0 Å². The molecule has 18 heavy (non-hydrogen) atoms. The van der Waals surface area contributed by atoms with Crippen LogP contribution in [0.3, 0.4) is 0 Å². The maximum absolute atomic E-state index is 11.7. The van der Waals surface area contributed by atoms with Crippen molar-refractivity contribution in [3.63, 3.8) is 0 Å². The fraction of sp³-hybridized carbons (Fsp3) is 0.900. The maximum atomic E-state index is 11.7. The SMILES string of the molecule is CC(C)(O)CN1CCN(S(=O)(=O)CC(=O)O)CC1. The van der Waals surface area contributed by atoms with Crippen molar-refractivity contribution in [3.8, 4) is 0 Å². The summed E-state index contributed by atoms with van der Waals surface area (Å²) in [4.78, 5) is 12.4. The lowest BCUT2D eigenvalue weighted by atomic mass is 10.1. The van der Waals surface area contributed by atoms with Crippen molar-refractivity contribution < 1.29 is 23.4 Å². The van der Waals surface area contributed by atoms with Gasteiger partial charge in [-0.3, -0.25) is 9.69 Å². The molecule has 1 heterocycles. The molecule has 0 aromatic carbocycles. The van der Waals surface area contributed by atoms with E-state index in [0.717, 1.165) is 0 Å². The van der Waals surface area contributed by atoms with Crippen LogP contribution in [0.5, 0.6) is 0 Å². The van der Waals surface area contributed by atoms with Crippen molar-refractivity contribution in [1.82, 2.24) is 9.21 Å². The first kappa shape index (κ1) is 15.4. The fourth-order valence-electron chi connectivity index (χ4n) is 1.96. The summed E-state index contributed by atoms with van der Waals surface area (Å²) in [5, 5.41) is 18.2. The van der Waals surface area contributed by atoms with E-state index in [4.69, 9.17) is 5.11 Å². The lowest BCUT2D eigenvalue weighted by Gasteiger charge is -2.36. The molecule has 0 bridgehead atoms. The molecule has 1 aliphatic heterocycles. The molecule has 0 spiro atoms. The number of aliphatic hydroxyl groups is 1. The molecule has 106 valence electrons. The van der Waals surface area contributed by atoms with E-state index in [1.54, 1.807) is 13.8 Å². The van der Waals surface area contributed by atoms with Gasteiger partial charge in [0.1, 0.15) is 0 Å². The Morgan fingerprint density at radius 3 is 2.11 bits per heavy atom. The number of aliphatic carboxylic acids is 1. The highest BCUT2D eigenvalue weighted by Crippen LogP contribution is 2.11. The Labute approximate surface area is 107 Å². The Balaban J connectivity index is 2.51. The molecule has 0 unspecified atom stereocenters. The molecule has 0 aromatic rings. The summed E-state index contributed by atoms with van der Waals surface area (Å²) in [6.07, 6.45) is 0. The largest absolute Gasteiger partial charge is 0.480 e. The molecule has 0 amide bonds. The van der Waals surface area contributed by atoms with E-state index in [0.29, 0.717) is 19.6 Å². The highest BCUT2D eigenvalue weighted by atomic mass is 32.2. The van der Waals surface area contributed by atoms with Gasteiger partial charge in [-0.25, -0.2) is 8.42 Å². The molecule has 8 heteroatoms. The Kier molecular flexibility index (Phi) is 4.71. The monoisotopic (exact) mass is 280 g/mol. The van der Waals surface area contributed by atoms with Gasteiger partial charge < -0.3 is 10.2 Å². The van der Waals surface area contributed by atoms with Crippen LogP contribution in [0.15, 0.2) is 0 Å². The van der Waals surface area contributed by atoms with Crippen LogP contribution in [0, 0.1) is 0 Å². The molecule has 0 aromatic heterocycles. The molecule has 1 saturated heterocycles. The molecule has 7 nitrogen and oxygen atoms in total. The van der Waals surface area contributed by atoms with Crippen molar-refractivity contribution in [1.29, 1.82) is 0 Å². The van der Waals surface area contributed by atoms with Gasteiger partial charge in [-0.2, -0.15) is 4.31 Å². The van der Waals surface area contributed by atoms with Gasteiger partial charge in [0.25, 0.3) is 0 Å². The van der Waals surface area contributed by atoms with Gasteiger partial charge in [0.05, 0.1) is 5.60 Å². The molecule has 2 N–H and O–H groups in total. The smallest absolute Gasteiger partial charge is 0.320 e. The Hall–Kier alpha value is -0.700. The first-order chi connectivity index (χ1) is 8.10. The van der Waals surface area contributed by atoms with E-state index in [1.165, 1.54) is 4.31 Å². The third-order valence-corrected chi connectivity index (χ3v) is 4.40. The minimum Gasteiger partial charge on any atom is -0.480 e. The summed E-state index contributed by atoms with van der Waals surface area (Å²) in [7, 11) is -3.71. The molecule has 1 rings (SSSR count). The van der Waals surface area contributed by atoms with Crippen LogP contribution in [0.4, 0.5) is 0 Å². The second-order valence-electron chi connectivity index (χ2n) is 5.14. The van der Waals surface area contributed by atoms with Gasteiger partial charge in [-0.15, -0.1) is 0 Å². The fourth-order valence-corrected chi connectivity index (χ4v) is 3.17. The standard InChI is InChI=1S/C10H20N2O5S/c1-10(2,15)8-11-3-5-12(6-4-11)18(16,17)7-9(13)14/h15H,3-8H2,1-2H3,(H,13,14). The van der Waals surface area contributed by atoms with Gasteiger partial charge in [0.15, 0.2) is 5.75 Å². The number of piperazine rings is 1. The lowest BCUT2D eigenvalue weighted by molar-refractivity contribution is -0.134. The van der Waals surface area contributed by atoms with Crippen LogP contribution in [-0.4, -0.2) is 77.9 Å². The van der Waals surface area contributed by atoms with E-state index < -0.39 is 27.3 Å². The van der Waals surface area contributed by atoms with Crippen LogP contribution in [0.25, 0.3) is 0 Å². The van der Waals surface area contributed by atoms with Gasteiger partial charge >= 0.3 is 5.97 Å². The molecular weight excluding hydrogens is 260 g/mol. The highest BCUT2D eigenvalue weighted by molar-refractivity contribution is 7.89. The number of carboxylic acid groups (broad SMARTS) is 1. The summed E-state index contributed by atoms with van der Waals surface area (Å²) in [5.41, 5.74) is -0.817. The second-order valence-corrected chi connectivity index (χ2v) is 7.11. The highest BCUT2D eigenvalue weighted by Gasteiger charge is 2.30. The van der Waals surface area contributed by atoms with Gasteiger partial charge in [-0.05, 0) is 13.8 Å². The minimum absolute atomic E-state index is 0.270. The second kappa shape index (κ2) is 5.52. The van der Waals surface area contributed by atoms with Gasteiger partial charge in [-0.1, -0.05) is 0 Å². The number of rotatable bonds is 5. The Morgan fingerprint density at radius 1 is 1.22 bits per heavy atom. The predicted octanol–water partition coefficient (Wildman–Crippen LogP) is -1.21. The van der Waals surface area contributed by atoms with Crippen LogP contribution < -0.4 is 0 Å². The molecule has 0 atom stereocenters. The number of β-amino-alcohol motifs (C(OH)–C–C–N with tert-alkyl or cyclic N) is 1. The van der Waals surface area contributed by atoms with E-state index in [1.807, 2.05) is 4.90 Å². The molecular formula is C10H20N2O5S. The molecule has 1 aliphatic rings. The number of carbonyl (C=O) groups is 1. The number of hydrogen-bond acceptors (Lipinski definition) is 5. The van der Waals surface area contributed by atoms with Crippen LogP contribution in [0.1, 0.15) is 13.8 Å². The summed E-state index contributed by atoms with van der Waals surface area (Å²) < 4.78 is 24.5. The maximum Gasteiger partial charge on any atom is 0.320 e. The average Bonchev–Trinajstić information content (AvgIpc) is 2.13. The molecule has 0 radical (unpaired) electrons. The van der Waals surface area contributed by atoms with E-state index in [2.05, 4.69) is 0 Å². The quantitative estimate of drug-likeness (QED) is 0.656. The lowest BCUT2D eigenvalue weighted by Crippen LogP contribution is -2.52. The number of carboxylic acids is 1. The van der Waals surface area contributed by atoms with E-state index >= 15 is 0 Å². The number of sulfonamides is 1. The zero-order valence-electron chi connectivity index (χ0n) is 10.7. The van der Waals surface area contributed by atoms with Crippen LogP contribution in [-0.2, 0) is 14.8 Å². The summed E-state index contributed by atoms with van der Waals surface area (Å²) in [6.45, 7) is 5.41. The molecule has 1 fully saturated rings. The van der Waals surface area contributed by atoms with Crippen LogP contribution in [0.2, 0.25) is 0 Å². The van der Waals surface area contributed by atoms with Gasteiger partial charge in [0, 0.05) is 32.7 Å². The molecule has 0 aliphatic carbocycles. The average molecular weight is 280 g/mol. The normalized spacial score (nSPS) is 19.9. The van der Waals surface area contributed by atoms with E-state index in [9.17, 15) is 18.3 Å².